The van der Waals surface area contributed by atoms with Gasteiger partial charge in [0.15, 0.2) is 0 Å². The van der Waals surface area contributed by atoms with E-state index in [4.69, 9.17) is 0 Å². The summed E-state index contributed by atoms with van der Waals surface area (Å²) in [5.74, 6) is 0. The molecule has 1 nitrogen and oxygen atoms in total. The van der Waals surface area contributed by atoms with E-state index in [-0.39, 0.29) is 0 Å². The third-order valence-electron chi connectivity index (χ3n) is 3.72. The Hall–Kier alpha value is -2.80. The first-order valence-electron chi connectivity index (χ1n) is 7.46. The van der Waals surface area contributed by atoms with Crippen LogP contribution in [0.1, 0.15) is 18.1 Å². The zero-order valence-electron chi connectivity index (χ0n) is 12.7. The van der Waals surface area contributed by atoms with Gasteiger partial charge >= 0.3 is 0 Å². The Morgan fingerprint density at radius 1 is 0.909 bits per heavy atom. The van der Waals surface area contributed by atoms with Gasteiger partial charge in [0.05, 0.1) is 0 Å². The number of rotatable bonds is 4. The minimum Gasteiger partial charge on any atom is -0.355 e. The van der Waals surface area contributed by atoms with Crippen molar-refractivity contribution in [1.82, 2.24) is 0 Å². The van der Waals surface area contributed by atoms with Gasteiger partial charge in [-0.15, -0.1) is 0 Å². The molecule has 3 aromatic carbocycles. The average Bonchev–Trinajstić information content (AvgIpc) is 2.57. The molecule has 0 aliphatic carbocycles. The minimum absolute atomic E-state index is 1.07. The first-order valence-corrected chi connectivity index (χ1v) is 7.46. The fourth-order valence-corrected chi connectivity index (χ4v) is 2.65. The van der Waals surface area contributed by atoms with E-state index in [0.29, 0.717) is 0 Å². The molecule has 0 fully saturated rings. The summed E-state index contributed by atoms with van der Waals surface area (Å²) >= 11 is 0. The standard InChI is InChI=1S/C21H19N/c1-3-8-17-13-14-19(15-16(17)4-2)22-21-12-7-10-18-9-5-6-11-20(18)21/h3-15,22H,2H2,1H3/b8-3-. The number of hydrogen-bond donors (Lipinski definition) is 1. The van der Waals surface area contributed by atoms with E-state index < -0.39 is 0 Å². The summed E-state index contributed by atoms with van der Waals surface area (Å²) in [5, 5.41) is 5.98. The van der Waals surface area contributed by atoms with Crippen LogP contribution in [0.2, 0.25) is 0 Å². The first kappa shape index (κ1) is 14.2. The molecule has 0 saturated carbocycles. The molecule has 0 atom stereocenters. The molecule has 0 unspecified atom stereocenters. The van der Waals surface area contributed by atoms with Crippen molar-refractivity contribution >= 4 is 34.3 Å². The van der Waals surface area contributed by atoms with Gasteiger partial charge in [0, 0.05) is 16.8 Å². The number of fused-ring (bicyclic) bond motifs is 1. The quantitative estimate of drug-likeness (QED) is 0.596. The van der Waals surface area contributed by atoms with E-state index in [0.717, 1.165) is 16.9 Å². The smallest absolute Gasteiger partial charge is 0.0463 e. The summed E-state index contributed by atoms with van der Waals surface area (Å²) < 4.78 is 0. The second kappa shape index (κ2) is 6.31. The first-order chi connectivity index (χ1) is 10.8. The lowest BCUT2D eigenvalue weighted by Gasteiger charge is -2.11. The van der Waals surface area contributed by atoms with Crippen LogP contribution in [-0.2, 0) is 0 Å². The Morgan fingerprint density at radius 3 is 2.55 bits per heavy atom. The van der Waals surface area contributed by atoms with Crippen molar-refractivity contribution in [3.63, 3.8) is 0 Å². The number of allylic oxidation sites excluding steroid dienone is 1. The Kier molecular flexibility index (Phi) is 4.06. The highest BCUT2D eigenvalue weighted by Crippen LogP contribution is 2.27. The molecule has 3 rings (SSSR count). The van der Waals surface area contributed by atoms with Gasteiger partial charge in [0.25, 0.3) is 0 Å². The molecule has 0 bridgehead atoms. The van der Waals surface area contributed by atoms with Gasteiger partial charge < -0.3 is 5.32 Å². The summed E-state index contributed by atoms with van der Waals surface area (Å²) in [5.41, 5.74) is 4.50. The van der Waals surface area contributed by atoms with Gasteiger partial charge in [0.2, 0.25) is 0 Å². The van der Waals surface area contributed by atoms with E-state index in [1.54, 1.807) is 0 Å². The van der Waals surface area contributed by atoms with E-state index in [1.165, 1.54) is 16.3 Å². The van der Waals surface area contributed by atoms with Crippen LogP contribution in [0.25, 0.3) is 22.9 Å². The van der Waals surface area contributed by atoms with Gasteiger partial charge in [-0.3, -0.25) is 0 Å². The van der Waals surface area contributed by atoms with E-state index >= 15 is 0 Å². The van der Waals surface area contributed by atoms with Crippen molar-refractivity contribution in [1.29, 1.82) is 0 Å². The average molecular weight is 285 g/mol. The summed E-state index contributed by atoms with van der Waals surface area (Å²) in [6.07, 6.45) is 6.03. The SMILES string of the molecule is C=Cc1cc(Nc2cccc3ccccc23)ccc1/C=C\C. The summed E-state index contributed by atoms with van der Waals surface area (Å²) in [6, 6.07) is 21.1. The molecule has 1 heteroatoms. The summed E-state index contributed by atoms with van der Waals surface area (Å²) in [7, 11) is 0. The van der Waals surface area contributed by atoms with Gasteiger partial charge in [-0.05, 0) is 41.6 Å². The van der Waals surface area contributed by atoms with Crippen LogP contribution in [0.4, 0.5) is 11.4 Å². The second-order valence-electron chi connectivity index (χ2n) is 5.20. The molecule has 108 valence electrons. The van der Waals surface area contributed by atoms with Crippen LogP contribution >= 0.6 is 0 Å². The Bertz CT molecular complexity index is 838. The topological polar surface area (TPSA) is 12.0 Å². The molecular formula is C21H19N. The van der Waals surface area contributed by atoms with E-state index in [2.05, 4.69) is 78.6 Å². The third-order valence-corrected chi connectivity index (χ3v) is 3.72. The Balaban J connectivity index is 2.00. The van der Waals surface area contributed by atoms with Gasteiger partial charge in [-0.25, -0.2) is 0 Å². The summed E-state index contributed by atoms with van der Waals surface area (Å²) in [6.45, 7) is 5.93. The molecule has 22 heavy (non-hydrogen) atoms. The lowest BCUT2D eigenvalue weighted by atomic mass is 10.0. The van der Waals surface area contributed by atoms with Crippen LogP contribution in [0.15, 0.2) is 73.3 Å². The van der Waals surface area contributed by atoms with Crippen LogP contribution in [-0.4, -0.2) is 0 Å². The fourth-order valence-electron chi connectivity index (χ4n) is 2.65. The summed E-state index contributed by atoms with van der Waals surface area (Å²) in [4.78, 5) is 0. The Morgan fingerprint density at radius 2 is 1.73 bits per heavy atom. The van der Waals surface area contributed by atoms with Crippen LogP contribution in [0.5, 0.6) is 0 Å². The molecule has 0 aromatic heterocycles. The predicted octanol–water partition coefficient (Wildman–Crippen LogP) is 6.26. The number of nitrogens with one attached hydrogen (secondary N) is 1. The lowest BCUT2D eigenvalue weighted by molar-refractivity contribution is 1.54. The monoisotopic (exact) mass is 285 g/mol. The van der Waals surface area contributed by atoms with Crippen LogP contribution in [0.3, 0.4) is 0 Å². The maximum absolute atomic E-state index is 3.91. The molecule has 3 aromatic rings. The highest BCUT2D eigenvalue weighted by Gasteiger charge is 2.03. The van der Waals surface area contributed by atoms with Gasteiger partial charge in [0.1, 0.15) is 0 Å². The minimum atomic E-state index is 1.07. The van der Waals surface area contributed by atoms with Crippen molar-refractivity contribution in [2.75, 3.05) is 5.32 Å². The van der Waals surface area contributed by atoms with Gasteiger partial charge in [-0.1, -0.05) is 67.3 Å². The predicted molar refractivity (Wildman–Crippen MR) is 98.5 cm³/mol. The fraction of sp³-hybridized carbons (Fsp3) is 0.0476. The van der Waals surface area contributed by atoms with Crippen molar-refractivity contribution < 1.29 is 0 Å². The number of hydrogen-bond acceptors (Lipinski definition) is 1. The Labute approximate surface area is 131 Å². The van der Waals surface area contributed by atoms with Crippen LogP contribution < -0.4 is 5.32 Å². The van der Waals surface area contributed by atoms with E-state index in [9.17, 15) is 0 Å². The maximum atomic E-state index is 3.91. The third kappa shape index (κ3) is 2.79. The van der Waals surface area contributed by atoms with Gasteiger partial charge in [-0.2, -0.15) is 0 Å². The second-order valence-corrected chi connectivity index (χ2v) is 5.20. The highest BCUT2D eigenvalue weighted by molar-refractivity contribution is 5.95. The molecule has 0 aliphatic rings. The van der Waals surface area contributed by atoms with Crippen molar-refractivity contribution in [2.45, 2.75) is 6.92 Å². The molecule has 1 N–H and O–H groups in total. The molecule has 0 saturated heterocycles. The molecule has 0 spiro atoms. The molecule has 0 heterocycles. The maximum Gasteiger partial charge on any atom is 0.0463 e. The normalized spacial score (nSPS) is 11.0. The molecule has 0 amide bonds. The number of benzene rings is 3. The van der Waals surface area contributed by atoms with Crippen molar-refractivity contribution in [2.24, 2.45) is 0 Å². The zero-order valence-corrected chi connectivity index (χ0v) is 12.7. The lowest BCUT2D eigenvalue weighted by Crippen LogP contribution is -1.93. The number of anilines is 2. The molecule has 0 aliphatic heterocycles. The van der Waals surface area contributed by atoms with Crippen molar-refractivity contribution in [3.8, 4) is 0 Å². The van der Waals surface area contributed by atoms with Crippen molar-refractivity contribution in [3.05, 3.63) is 84.4 Å². The highest BCUT2D eigenvalue weighted by atomic mass is 14.9. The zero-order chi connectivity index (χ0) is 15.4. The van der Waals surface area contributed by atoms with E-state index in [1.807, 2.05) is 19.1 Å². The van der Waals surface area contributed by atoms with Crippen LogP contribution in [0, 0.1) is 0 Å². The molecule has 0 radical (unpaired) electrons. The largest absolute Gasteiger partial charge is 0.355 e. The molecular weight excluding hydrogens is 266 g/mol.